The lowest BCUT2D eigenvalue weighted by atomic mass is 10.5. The molecule has 0 aliphatic heterocycles. The topological polar surface area (TPSA) is 70.4 Å². The van der Waals surface area contributed by atoms with E-state index in [4.69, 9.17) is 10.00 Å². The highest BCUT2D eigenvalue weighted by Gasteiger charge is 2.19. The SMILES string of the molecule is CCN(CCC#N)S(=O)(=O)CCOC. The minimum Gasteiger partial charge on any atom is -0.384 e. The molecule has 82 valence electrons. The van der Waals surface area contributed by atoms with E-state index in [1.54, 1.807) is 6.92 Å². The molecule has 0 saturated heterocycles. The third-order valence-corrected chi connectivity index (χ3v) is 3.67. The molecule has 0 heterocycles. The Labute approximate surface area is 85.3 Å². The van der Waals surface area contributed by atoms with Crippen LogP contribution in [0.1, 0.15) is 13.3 Å². The highest BCUT2D eigenvalue weighted by Crippen LogP contribution is 2.02. The van der Waals surface area contributed by atoms with Gasteiger partial charge in [0.05, 0.1) is 18.4 Å². The van der Waals surface area contributed by atoms with Crippen molar-refractivity contribution in [3.05, 3.63) is 0 Å². The van der Waals surface area contributed by atoms with Gasteiger partial charge in [-0.25, -0.2) is 12.7 Å². The Bertz CT molecular complexity index is 281. The van der Waals surface area contributed by atoms with Crippen LogP contribution in [0, 0.1) is 11.3 Å². The van der Waals surface area contributed by atoms with E-state index < -0.39 is 10.0 Å². The molecule has 0 radical (unpaired) electrons. The lowest BCUT2D eigenvalue weighted by molar-refractivity contribution is 0.215. The van der Waals surface area contributed by atoms with Gasteiger partial charge in [-0.15, -0.1) is 0 Å². The molecule has 0 fully saturated rings. The van der Waals surface area contributed by atoms with E-state index in [0.717, 1.165) is 0 Å². The summed E-state index contributed by atoms with van der Waals surface area (Å²) in [6, 6.07) is 1.92. The first-order chi connectivity index (χ1) is 6.58. The van der Waals surface area contributed by atoms with Gasteiger partial charge in [-0.05, 0) is 0 Å². The van der Waals surface area contributed by atoms with Crippen LogP contribution in [0.5, 0.6) is 0 Å². The zero-order valence-electron chi connectivity index (χ0n) is 8.56. The van der Waals surface area contributed by atoms with Crippen LogP contribution in [-0.2, 0) is 14.8 Å². The van der Waals surface area contributed by atoms with Gasteiger partial charge in [-0.2, -0.15) is 5.26 Å². The summed E-state index contributed by atoms with van der Waals surface area (Å²) in [4.78, 5) is 0. The van der Waals surface area contributed by atoms with Gasteiger partial charge < -0.3 is 4.74 Å². The molecule has 0 saturated carbocycles. The van der Waals surface area contributed by atoms with Crippen LogP contribution in [0.25, 0.3) is 0 Å². The molecule has 0 atom stereocenters. The number of hydrogen-bond acceptors (Lipinski definition) is 4. The van der Waals surface area contributed by atoms with Gasteiger partial charge in [0.2, 0.25) is 10.0 Å². The molecular formula is C8H16N2O3S. The largest absolute Gasteiger partial charge is 0.384 e. The fourth-order valence-corrected chi connectivity index (χ4v) is 2.38. The number of ether oxygens (including phenoxy) is 1. The molecular weight excluding hydrogens is 204 g/mol. The molecule has 0 aromatic heterocycles. The van der Waals surface area contributed by atoms with E-state index in [0.29, 0.717) is 6.54 Å². The van der Waals surface area contributed by atoms with Crippen LogP contribution in [0.15, 0.2) is 0 Å². The number of nitrogens with zero attached hydrogens (tertiary/aromatic N) is 2. The van der Waals surface area contributed by atoms with Crippen LogP contribution in [0.3, 0.4) is 0 Å². The van der Waals surface area contributed by atoms with Crippen LogP contribution in [0.2, 0.25) is 0 Å². The summed E-state index contributed by atoms with van der Waals surface area (Å²) in [7, 11) is -1.79. The Hall–Kier alpha value is -0.640. The van der Waals surface area contributed by atoms with Crippen LogP contribution in [-0.4, -0.2) is 45.3 Å². The number of nitriles is 1. The third kappa shape index (κ3) is 4.56. The van der Waals surface area contributed by atoms with E-state index in [2.05, 4.69) is 0 Å². The standard InChI is InChI=1S/C8H16N2O3S/c1-3-10(6-4-5-9)14(11,12)8-7-13-2/h3-4,6-8H2,1-2H3. The van der Waals surface area contributed by atoms with Crippen molar-refractivity contribution in [2.45, 2.75) is 13.3 Å². The molecule has 0 spiro atoms. The monoisotopic (exact) mass is 220 g/mol. The smallest absolute Gasteiger partial charge is 0.216 e. The molecule has 0 N–H and O–H groups in total. The van der Waals surface area contributed by atoms with Crippen molar-refractivity contribution in [1.82, 2.24) is 4.31 Å². The zero-order valence-corrected chi connectivity index (χ0v) is 9.38. The second-order valence-electron chi connectivity index (χ2n) is 2.71. The summed E-state index contributed by atoms with van der Waals surface area (Å²) < 4.78 is 29.1. The average Bonchev–Trinajstić information content (AvgIpc) is 2.16. The maximum Gasteiger partial charge on any atom is 0.216 e. The lowest BCUT2D eigenvalue weighted by Crippen LogP contribution is -2.34. The van der Waals surface area contributed by atoms with E-state index in [-0.39, 0.29) is 25.3 Å². The molecule has 0 rings (SSSR count). The quantitative estimate of drug-likeness (QED) is 0.614. The van der Waals surface area contributed by atoms with Gasteiger partial charge in [-0.1, -0.05) is 6.92 Å². The summed E-state index contributed by atoms with van der Waals surface area (Å²) in [5.74, 6) is -0.0250. The van der Waals surface area contributed by atoms with Crippen LogP contribution < -0.4 is 0 Å². The number of hydrogen-bond donors (Lipinski definition) is 0. The molecule has 0 bridgehead atoms. The van der Waals surface area contributed by atoms with E-state index in [1.165, 1.54) is 11.4 Å². The summed E-state index contributed by atoms with van der Waals surface area (Å²) >= 11 is 0. The van der Waals surface area contributed by atoms with Gasteiger partial charge in [0, 0.05) is 26.6 Å². The normalized spacial score (nSPS) is 11.6. The zero-order chi connectivity index (χ0) is 11.0. The predicted octanol–water partition coefficient (Wildman–Crippen LogP) is 0.198. The van der Waals surface area contributed by atoms with Gasteiger partial charge >= 0.3 is 0 Å². The Morgan fingerprint density at radius 1 is 1.50 bits per heavy atom. The maximum atomic E-state index is 11.6. The molecule has 14 heavy (non-hydrogen) atoms. The van der Waals surface area contributed by atoms with Crippen LogP contribution in [0.4, 0.5) is 0 Å². The van der Waals surface area contributed by atoms with Crippen molar-refractivity contribution in [1.29, 1.82) is 5.26 Å². The molecule has 0 aliphatic rings. The van der Waals surface area contributed by atoms with E-state index in [9.17, 15) is 8.42 Å². The minimum absolute atomic E-state index is 0.0250. The lowest BCUT2D eigenvalue weighted by Gasteiger charge is -2.18. The van der Waals surface area contributed by atoms with Crippen molar-refractivity contribution < 1.29 is 13.2 Å². The fourth-order valence-electron chi connectivity index (χ4n) is 0.986. The Balaban J connectivity index is 4.27. The van der Waals surface area contributed by atoms with Gasteiger partial charge in [0.1, 0.15) is 0 Å². The average molecular weight is 220 g/mol. The summed E-state index contributed by atoms with van der Waals surface area (Å²) in [5, 5.41) is 8.36. The highest BCUT2D eigenvalue weighted by molar-refractivity contribution is 7.89. The molecule has 0 amide bonds. The minimum atomic E-state index is -3.25. The molecule has 0 aromatic rings. The maximum absolute atomic E-state index is 11.6. The Morgan fingerprint density at radius 2 is 2.14 bits per heavy atom. The van der Waals surface area contributed by atoms with E-state index in [1.807, 2.05) is 6.07 Å². The summed E-state index contributed by atoms with van der Waals surface area (Å²) in [6.45, 7) is 2.60. The fraction of sp³-hybridized carbons (Fsp3) is 0.875. The first-order valence-electron chi connectivity index (χ1n) is 4.42. The van der Waals surface area contributed by atoms with E-state index >= 15 is 0 Å². The summed E-state index contributed by atoms with van der Waals surface area (Å²) in [6.07, 6.45) is 0.222. The predicted molar refractivity (Wildman–Crippen MR) is 53.1 cm³/mol. The Kier molecular flexibility index (Phi) is 6.45. The van der Waals surface area contributed by atoms with Gasteiger partial charge in [-0.3, -0.25) is 0 Å². The number of rotatable bonds is 7. The Morgan fingerprint density at radius 3 is 2.57 bits per heavy atom. The molecule has 0 aliphatic carbocycles. The molecule has 0 unspecified atom stereocenters. The molecule has 0 aromatic carbocycles. The van der Waals surface area contributed by atoms with Crippen LogP contribution >= 0.6 is 0 Å². The third-order valence-electron chi connectivity index (χ3n) is 1.76. The van der Waals surface area contributed by atoms with Gasteiger partial charge in [0.15, 0.2) is 0 Å². The van der Waals surface area contributed by atoms with Crippen molar-refractivity contribution in [2.75, 3.05) is 32.6 Å². The van der Waals surface area contributed by atoms with Crippen molar-refractivity contribution in [2.24, 2.45) is 0 Å². The molecule has 6 heteroatoms. The van der Waals surface area contributed by atoms with Gasteiger partial charge in [0.25, 0.3) is 0 Å². The highest BCUT2D eigenvalue weighted by atomic mass is 32.2. The van der Waals surface area contributed by atoms with Crippen molar-refractivity contribution in [3.63, 3.8) is 0 Å². The van der Waals surface area contributed by atoms with Crippen molar-refractivity contribution in [3.8, 4) is 6.07 Å². The first kappa shape index (κ1) is 13.4. The second-order valence-corrected chi connectivity index (χ2v) is 4.80. The number of methoxy groups -OCH3 is 1. The second kappa shape index (κ2) is 6.76. The first-order valence-corrected chi connectivity index (χ1v) is 6.03. The molecule has 5 nitrogen and oxygen atoms in total. The summed E-state index contributed by atoms with van der Waals surface area (Å²) in [5.41, 5.74) is 0. The number of sulfonamides is 1. The van der Waals surface area contributed by atoms with Crippen molar-refractivity contribution >= 4 is 10.0 Å².